The zero-order valence-electron chi connectivity index (χ0n) is 26.3. The molecule has 254 valence electrons. The van der Waals surface area contributed by atoms with E-state index >= 15 is 0 Å². The van der Waals surface area contributed by atoms with Crippen LogP contribution >= 0.6 is 23.2 Å². The Labute approximate surface area is 267 Å². The molecule has 1 N–H and O–H groups in total. The lowest BCUT2D eigenvalue weighted by Gasteiger charge is -2.37. The monoisotopic (exact) mass is 680 g/mol. The first kappa shape index (κ1) is 44.2. The first-order valence-corrected chi connectivity index (χ1v) is 17.4. The van der Waals surface area contributed by atoms with Gasteiger partial charge in [-0.1, -0.05) is 95.2 Å². The van der Waals surface area contributed by atoms with Gasteiger partial charge in [0, 0.05) is 31.8 Å². The number of rotatable bonds is 12. The minimum absolute atomic E-state index is 0.0192. The van der Waals surface area contributed by atoms with Crippen LogP contribution in [-0.4, -0.2) is 47.6 Å². The lowest BCUT2D eigenvalue weighted by Crippen LogP contribution is -2.47. The van der Waals surface area contributed by atoms with Crippen LogP contribution < -0.4 is 0 Å². The number of ketones is 2. The molecule has 3 aliphatic carbocycles. The van der Waals surface area contributed by atoms with Crippen molar-refractivity contribution in [3.05, 3.63) is 25.3 Å². The number of aliphatic hydroxyl groups is 1. The number of aliphatic hydroxyl groups excluding tert-OH is 1. The molecule has 6 nitrogen and oxygen atoms in total. The lowest BCUT2D eigenvalue weighted by atomic mass is 9.80. The van der Waals surface area contributed by atoms with Gasteiger partial charge in [0.05, 0.1) is 6.10 Å². The summed E-state index contributed by atoms with van der Waals surface area (Å²) >= 11 is 11.4. The maximum absolute atomic E-state index is 11.9. The van der Waals surface area contributed by atoms with Crippen LogP contribution in [0.3, 0.4) is 0 Å². The molecule has 43 heavy (non-hydrogen) atoms. The molecule has 0 saturated heterocycles. The van der Waals surface area contributed by atoms with Gasteiger partial charge in [0.2, 0.25) is 0 Å². The molecule has 0 aromatic heterocycles. The van der Waals surface area contributed by atoms with E-state index < -0.39 is 26.1 Å². The predicted octanol–water partition coefficient (Wildman–Crippen LogP) is 9.27. The van der Waals surface area contributed by atoms with E-state index in [1.54, 1.807) is 6.08 Å². The van der Waals surface area contributed by atoms with Gasteiger partial charge in [0.15, 0.2) is 10.1 Å². The second-order valence-electron chi connectivity index (χ2n) is 11.0. The number of alkyl halides is 5. The smallest absolute Gasteiger partial charge is 0.396 e. The van der Waals surface area contributed by atoms with Gasteiger partial charge in [0.25, 0.3) is 0 Å². The normalized spacial score (nSPS) is 22.1. The zero-order chi connectivity index (χ0) is 33.7. The number of unbranched alkanes of at least 4 members (excludes halogenated alkanes) is 1. The second-order valence-corrected chi connectivity index (χ2v) is 13.9. The van der Waals surface area contributed by atoms with Gasteiger partial charge < -0.3 is 5.11 Å². The maximum atomic E-state index is 11.9. The molecule has 3 rings (SSSR count). The largest absolute Gasteiger partial charge is 0.523 e. The fourth-order valence-corrected chi connectivity index (χ4v) is 5.49. The Morgan fingerprint density at radius 2 is 1.37 bits per heavy atom. The quantitative estimate of drug-likeness (QED) is 0.0955. The van der Waals surface area contributed by atoms with Crippen molar-refractivity contribution in [2.75, 3.05) is 6.61 Å². The number of Topliss-reactive ketones (excluding diaryl/α,β-unsaturated/α-hetero) is 2. The van der Waals surface area contributed by atoms with Crippen LogP contribution in [0.1, 0.15) is 118 Å². The molecular weight excluding hydrogens is 628 g/mol. The maximum Gasteiger partial charge on any atom is 0.523 e. The second kappa shape index (κ2) is 23.4. The minimum atomic E-state index is -5.40. The molecule has 3 aliphatic rings. The van der Waals surface area contributed by atoms with Gasteiger partial charge in [0.1, 0.15) is 5.78 Å². The number of allylic oxidation sites excluding steroid dienone is 1. The van der Waals surface area contributed by atoms with Crippen LogP contribution in [0.15, 0.2) is 25.3 Å². The van der Waals surface area contributed by atoms with Gasteiger partial charge in [-0.2, -0.15) is 21.6 Å². The summed E-state index contributed by atoms with van der Waals surface area (Å²) in [6, 6.07) is 0. The third-order valence-electron chi connectivity index (χ3n) is 6.94. The molecular formula is C31H53Cl2F3O6S. The van der Waals surface area contributed by atoms with Gasteiger partial charge >= 0.3 is 15.6 Å². The Kier molecular flexibility index (Phi) is 24.1. The topological polar surface area (TPSA) is 97.7 Å². The number of hydrogen-bond acceptors (Lipinski definition) is 6. The summed E-state index contributed by atoms with van der Waals surface area (Å²) in [6.45, 7) is 15.5. The molecule has 0 heterocycles. The van der Waals surface area contributed by atoms with Gasteiger partial charge in [-0.25, -0.2) is 0 Å². The number of hydrogen-bond donors (Lipinski definition) is 1. The van der Waals surface area contributed by atoms with Crippen LogP contribution in [0.2, 0.25) is 0 Å². The highest BCUT2D eigenvalue weighted by atomic mass is 35.5. The average molecular weight is 682 g/mol. The van der Waals surface area contributed by atoms with Crippen LogP contribution in [-0.2, 0) is 23.9 Å². The highest BCUT2D eigenvalue weighted by Crippen LogP contribution is 2.46. The van der Waals surface area contributed by atoms with E-state index in [0.717, 1.165) is 50.9 Å². The summed E-state index contributed by atoms with van der Waals surface area (Å²) in [7, 11) is -5.40. The van der Waals surface area contributed by atoms with E-state index in [2.05, 4.69) is 38.1 Å². The molecule has 0 spiro atoms. The molecule has 0 bridgehead atoms. The molecule has 3 saturated carbocycles. The molecule has 1 unspecified atom stereocenters. The van der Waals surface area contributed by atoms with Crippen LogP contribution in [0.25, 0.3) is 0 Å². The fourth-order valence-electron chi connectivity index (χ4n) is 4.34. The third-order valence-corrected chi connectivity index (χ3v) is 9.08. The van der Waals surface area contributed by atoms with E-state index in [9.17, 15) is 31.2 Å². The van der Waals surface area contributed by atoms with Gasteiger partial charge in [-0.15, -0.1) is 13.2 Å². The minimum Gasteiger partial charge on any atom is -0.396 e. The summed E-state index contributed by atoms with van der Waals surface area (Å²) < 4.78 is 59.8. The van der Waals surface area contributed by atoms with Crippen molar-refractivity contribution in [3.8, 4) is 0 Å². The molecule has 0 aliphatic heterocycles. The van der Waals surface area contributed by atoms with Crippen molar-refractivity contribution in [3.63, 3.8) is 0 Å². The number of halogens is 5. The van der Waals surface area contributed by atoms with Gasteiger partial charge in [-0.3, -0.25) is 13.8 Å². The van der Waals surface area contributed by atoms with Crippen molar-refractivity contribution in [1.29, 1.82) is 0 Å². The molecule has 12 heteroatoms. The van der Waals surface area contributed by atoms with E-state index in [1.807, 2.05) is 13.0 Å². The van der Waals surface area contributed by atoms with Crippen molar-refractivity contribution in [2.24, 2.45) is 17.8 Å². The third kappa shape index (κ3) is 18.6. The van der Waals surface area contributed by atoms with E-state index in [-0.39, 0.29) is 18.3 Å². The Morgan fingerprint density at radius 3 is 1.65 bits per heavy atom. The zero-order valence-corrected chi connectivity index (χ0v) is 28.6. The Hall–Kier alpha value is -0.940. The van der Waals surface area contributed by atoms with E-state index in [4.69, 9.17) is 28.3 Å². The van der Waals surface area contributed by atoms with E-state index in [1.165, 1.54) is 19.3 Å². The van der Waals surface area contributed by atoms with Crippen molar-refractivity contribution < 1.29 is 40.5 Å². The van der Waals surface area contributed by atoms with E-state index in [0.29, 0.717) is 37.4 Å². The molecule has 1 atom stereocenters. The Bertz CT molecular complexity index is 886. The number of carbonyl (C=O) groups is 2. The fraction of sp³-hybridized carbons (Fsp3) is 0.806. The Balaban J connectivity index is 0. The lowest BCUT2D eigenvalue weighted by molar-refractivity contribution is -0.128. The SMILES string of the molecule is C=CCCC.C=CCCO.CCCC1CC(=O)C1.CCCC1CC(=O)C1(Cl)Cl.CCCC1CC(OS(=O)(=O)C(F)(F)F)C1. The average Bonchev–Trinajstić information content (AvgIpc) is 2.88. The summed E-state index contributed by atoms with van der Waals surface area (Å²) in [5.74, 6) is 1.71. The van der Waals surface area contributed by atoms with Gasteiger partial charge in [-0.05, 0) is 50.4 Å². The summed E-state index contributed by atoms with van der Waals surface area (Å²) in [5.41, 5.74) is -5.30. The first-order valence-electron chi connectivity index (χ1n) is 15.3. The molecule has 3 fully saturated rings. The summed E-state index contributed by atoms with van der Waals surface area (Å²) in [5, 5.41) is 8.00. The molecule has 0 aromatic carbocycles. The van der Waals surface area contributed by atoms with Crippen LogP contribution in [0.4, 0.5) is 13.2 Å². The highest BCUT2D eigenvalue weighted by molar-refractivity contribution is 7.87. The molecule has 0 radical (unpaired) electrons. The van der Waals surface area contributed by atoms with Crippen molar-refractivity contribution >= 4 is 44.9 Å². The van der Waals surface area contributed by atoms with Crippen LogP contribution in [0, 0.1) is 17.8 Å². The standard InChI is InChI=1S/C8H13F3O3S.C7H10Cl2O.C7H12O.C5H10.C4H8O/c1-2-3-6-4-7(5-6)14-15(12,13)8(9,10)11;1-2-3-5-4-6(10)7(5,8)9;1-2-3-6-4-7(8)5-6;1-3-5-4-2;1-2-3-4-5/h6-7H,2-5H2,1H3;5H,2-4H2,1H3;6H,2-5H2,1H3;3H,1,4-5H2,2H3;2,5H,1,3-4H2. The Morgan fingerprint density at radius 1 is 0.884 bits per heavy atom. The molecule has 0 aromatic rings. The molecule has 0 amide bonds. The predicted molar refractivity (Wildman–Crippen MR) is 170 cm³/mol. The van der Waals surface area contributed by atoms with Crippen LogP contribution in [0.5, 0.6) is 0 Å². The highest BCUT2D eigenvalue weighted by Gasteiger charge is 2.51. The first-order chi connectivity index (χ1) is 20.0. The van der Waals surface area contributed by atoms with Crippen molar-refractivity contribution in [2.45, 2.75) is 134 Å². The summed E-state index contributed by atoms with van der Waals surface area (Å²) in [6.07, 6.45) is 15.4. The summed E-state index contributed by atoms with van der Waals surface area (Å²) in [4.78, 5) is 21.2. The number of carbonyl (C=O) groups excluding carboxylic acids is 2. The van der Waals surface area contributed by atoms with Crippen molar-refractivity contribution in [1.82, 2.24) is 0 Å².